The van der Waals surface area contributed by atoms with Crippen molar-refractivity contribution in [3.63, 3.8) is 0 Å². The van der Waals surface area contributed by atoms with E-state index in [9.17, 15) is 4.79 Å². The third kappa shape index (κ3) is 5.01. The first-order valence-corrected chi connectivity index (χ1v) is 7.71. The van der Waals surface area contributed by atoms with Gasteiger partial charge in [0.15, 0.2) is 0 Å². The van der Waals surface area contributed by atoms with E-state index in [0.717, 1.165) is 25.0 Å². The number of benzene rings is 1. The monoisotopic (exact) mass is 306 g/mol. The summed E-state index contributed by atoms with van der Waals surface area (Å²) in [6.45, 7) is 1.34. The number of hydrogen-bond acceptors (Lipinski definition) is 3. The Labute approximate surface area is 131 Å². The Morgan fingerprint density at radius 1 is 1.33 bits per heavy atom. The van der Waals surface area contributed by atoms with Crippen molar-refractivity contribution in [2.45, 2.75) is 25.7 Å². The van der Waals surface area contributed by atoms with E-state index < -0.39 is 0 Å². The minimum absolute atomic E-state index is 0.229. The van der Waals surface area contributed by atoms with Crippen molar-refractivity contribution in [2.24, 2.45) is 11.7 Å². The highest BCUT2D eigenvalue weighted by Gasteiger charge is 2.33. The van der Waals surface area contributed by atoms with Gasteiger partial charge in [-0.05, 0) is 37.0 Å². The molecule has 1 aliphatic rings. The molecule has 0 saturated heterocycles. The first-order chi connectivity index (χ1) is 10.1. The largest absolute Gasteiger partial charge is 0.497 e. The number of thiocarbonyl (C=S) groups is 1. The van der Waals surface area contributed by atoms with Crippen LogP contribution in [0.5, 0.6) is 5.75 Å². The van der Waals surface area contributed by atoms with E-state index in [4.69, 9.17) is 22.7 Å². The van der Waals surface area contributed by atoms with Crippen LogP contribution in [0.3, 0.4) is 0 Å². The van der Waals surface area contributed by atoms with Gasteiger partial charge in [-0.2, -0.15) is 0 Å². The van der Waals surface area contributed by atoms with Crippen LogP contribution >= 0.6 is 12.2 Å². The molecule has 0 bridgehead atoms. The molecule has 1 aromatic rings. The van der Waals surface area contributed by atoms with Crippen molar-refractivity contribution in [1.29, 1.82) is 0 Å². The third-order valence-electron chi connectivity index (χ3n) is 3.70. The Morgan fingerprint density at radius 3 is 2.52 bits per heavy atom. The number of carbonyl (C=O) groups excluding carboxylic acids is 1. The molecule has 0 spiro atoms. The van der Waals surface area contributed by atoms with Gasteiger partial charge >= 0.3 is 0 Å². The lowest BCUT2D eigenvalue weighted by Crippen LogP contribution is -2.36. The lowest BCUT2D eigenvalue weighted by Gasteiger charge is -2.22. The molecule has 114 valence electrons. The molecule has 1 amide bonds. The molecule has 0 atom stereocenters. The molecule has 4 nitrogen and oxygen atoms in total. The molecule has 1 fully saturated rings. The minimum atomic E-state index is 0.229. The van der Waals surface area contributed by atoms with Crippen LogP contribution in [-0.2, 0) is 11.2 Å². The summed E-state index contributed by atoms with van der Waals surface area (Å²) in [5.74, 6) is 1.32. The lowest BCUT2D eigenvalue weighted by molar-refractivity contribution is -0.132. The van der Waals surface area contributed by atoms with E-state index in [1.807, 2.05) is 29.2 Å². The van der Waals surface area contributed by atoms with Crippen molar-refractivity contribution in [3.8, 4) is 5.75 Å². The van der Waals surface area contributed by atoms with E-state index in [1.54, 1.807) is 7.11 Å². The maximum atomic E-state index is 12.3. The highest BCUT2D eigenvalue weighted by atomic mass is 32.1. The van der Waals surface area contributed by atoms with Gasteiger partial charge in [0.2, 0.25) is 5.91 Å². The van der Waals surface area contributed by atoms with Crippen LogP contribution in [0.15, 0.2) is 24.3 Å². The first kappa shape index (κ1) is 15.8. The Balaban J connectivity index is 1.90. The average Bonchev–Trinajstić information content (AvgIpc) is 3.31. The highest BCUT2D eigenvalue weighted by molar-refractivity contribution is 7.80. The molecule has 5 heteroatoms. The molecule has 1 aromatic carbocycles. The Kier molecular flexibility index (Phi) is 5.56. The molecule has 0 unspecified atom stereocenters. The number of rotatable bonds is 8. The minimum Gasteiger partial charge on any atom is -0.497 e. The Morgan fingerprint density at radius 2 is 2.00 bits per heavy atom. The number of nitrogens with two attached hydrogens (primary N) is 1. The fourth-order valence-electron chi connectivity index (χ4n) is 2.22. The summed E-state index contributed by atoms with van der Waals surface area (Å²) in [6.07, 6.45) is 3.46. The van der Waals surface area contributed by atoms with Crippen molar-refractivity contribution < 1.29 is 9.53 Å². The number of amides is 1. The van der Waals surface area contributed by atoms with Crippen molar-refractivity contribution in [3.05, 3.63) is 29.8 Å². The van der Waals surface area contributed by atoms with Gasteiger partial charge < -0.3 is 15.4 Å². The number of ether oxygens (including phenoxy) is 1. The summed E-state index contributed by atoms with van der Waals surface area (Å²) >= 11 is 4.91. The van der Waals surface area contributed by atoms with Crippen molar-refractivity contribution in [1.82, 2.24) is 4.90 Å². The molecule has 0 aromatic heterocycles. The van der Waals surface area contributed by atoms with Crippen LogP contribution in [0.2, 0.25) is 0 Å². The zero-order valence-corrected chi connectivity index (χ0v) is 13.2. The van der Waals surface area contributed by atoms with Crippen molar-refractivity contribution >= 4 is 23.1 Å². The smallest absolute Gasteiger partial charge is 0.225 e. The molecule has 2 rings (SSSR count). The van der Waals surface area contributed by atoms with Crippen LogP contribution < -0.4 is 10.5 Å². The van der Waals surface area contributed by atoms with Gasteiger partial charge in [-0.15, -0.1) is 0 Å². The predicted molar refractivity (Wildman–Crippen MR) is 87.4 cm³/mol. The summed E-state index contributed by atoms with van der Waals surface area (Å²) in [5, 5.41) is 0. The van der Waals surface area contributed by atoms with Gasteiger partial charge in [-0.1, -0.05) is 24.4 Å². The maximum absolute atomic E-state index is 12.3. The normalized spacial score (nSPS) is 13.8. The number of hydrogen-bond donors (Lipinski definition) is 1. The second-order valence-corrected chi connectivity index (χ2v) is 5.94. The second kappa shape index (κ2) is 7.41. The quantitative estimate of drug-likeness (QED) is 0.748. The highest BCUT2D eigenvalue weighted by Crippen LogP contribution is 2.31. The van der Waals surface area contributed by atoms with E-state index in [0.29, 0.717) is 24.5 Å². The summed E-state index contributed by atoms with van der Waals surface area (Å²) in [4.78, 5) is 14.6. The molecule has 0 heterocycles. The molecular formula is C16H22N2O2S. The summed E-state index contributed by atoms with van der Waals surface area (Å²) in [5.41, 5.74) is 6.75. The Hall–Kier alpha value is -1.62. The number of carbonyl (C=O) groups is 1. The standard InChI is InChI=1S/C16H22N2O2S/c1-20-14-6-2-12(3-7-14)8-10-18(11-9-15(17)21)16(19)13-4-5-13/h2-3,6-7,13H,4-5,8-11H2,1H3,(H2,17,21). The predicted octanol–water partition coefficient (Wildman–Crippen LogP) is 2.15. The summed E-state index contributed by atoms with van der Waals surface area (Å²) in [6, 6.07) is 7.95. The first-order valence-electron chi connectivity index (χ1n) is 7.30. The van der Waals surface area contributed by atoms with E-state index in [-0.39, 0.29) is 11.8 Å². The molecule has 2 N–H and O–H groups in total. The third-order valence-corrected chi connectivity index (χ3v) is 3.90. The summed E-state index contributed by atoms with van der Waals surface area (Å²) in [7, 11) is 1.65. The zero-order valence-electron chi connectivity index (χ0n) is 12.4. The van der Waals surface area contributed by atoms with Crippen molar-refractivity contribution in [2.75, 3.05) is 20.2 Å². The second-order valence-electron chi connectivity index (χ2n) is 5.41. The van der Waals surface area contributed by atoms with E-state index in [2.05, 4.69) is 0 Å². The molecule has 0 radical (unpaired) electrons. The van der Waals surface area contributed by atoms with E-state index in [1.165, 1.54) is 5.56 Å². The zero-order chi connectivity index (χ0) is 15.2. The lowest BCUT2D eigenvalue weighted by atomic mass is 10.1. The van der Waals surface area contributed by atoms with Gasteiger partial charge in [0.25, 0.3) is 0 Å². The van der Waals surface area contributed by atoms with Gasteiger partial charge in [0, 0.05) is 25.4 Å². The van der Waals surface area contributed by atoms with Gasteiger partial charge in [0.05, 0.1) is 12.1 Å². The molecular weight excluding hydrogens is 284 g/mol. The number of nitrogens with zero attached hydrogens (tertiary/aromatic N) is 1. The number of methoxy groups -OCH3 is 1. The van der Waals surface area contributed by atoms with Crippen LogP contribution in [0, 0.1) is 5.92 Å². The van der Waals surface area contributed by atoms with Gasteiger partial charge in [0.1, 0.15) is 5.75 Å². The van der Waals surface area contributed by atoms with Gasteiger partial charge in [-0.25, -0.2) is 0 Å². The van der Waals surface area contributed by atoms with Crippen LogP contribution in [0.4, 0.5) is 0 Å². The van der Waals surface area contributed by atoms with Crippen LogP contribution in [0.25, 0.3) is 0 Å². The molecule has 0 aliphatic heterocycles. The van der Waals surface area contributed by atoms with Crippen LogP contribution in [0.1, 0.15) is 24.8 Å². The SMILES string of the molecule is COc1ccc(CCN(CCC(N)=S)C(=O)C2CC2)cc1. The Bertz CT molecular complexity index is 498. The fourth-order valence-corrected chi connectivity index (χ4v) is 2.31. The van der Waals surface area contributed by atoms with E-state index >= 15 is 0 Å². The molecule has 21 heavy (non-hydrogen) atoms. The topological polar surface area (TPSA) is 55.6 Å². The summed E-state index contributed by atoms with van der Waals surface area (Å²) < 4.78 is 5.14. The van der Waals surface area contributed by atoms with Crippen LogP contribution in [-0.4, -0.2) is 36.0 Å². The van der Waals surface area contributed by atoms with Gasteiger partial charge in [-0.3, -0.25) is 4.79 Å². The average molecular weight is 306 g/mol. The fraction of sp³-hybridized carbons (Fsp3) is 0.500. The molecule has 1 saturated carbocycles. The maximum Gasteiger partial charge on any atom is 0.225 e. The molecule has 1 aliphatic carbocycles.